The second-order valence-corrected chi connectivity index (χ2v) is 6.79. The quantitative estimate of drug-likeness (QED) is 0.744. The Bertz CT molecular complexity index is 954. The fraction of sp³-hybridized carbons (Fsp3) is 0.227. The molecular formula is C22H21N3O3. The van der Waals surface area contributed by atoms with Crippen LogP contribution in [0.2, 0.25) is 0 Å². The molecule has 1 unspecified atom stereocenters. The molecule has 0 fully saturated rings. The lowest BCUT2D eigenvalue weighted by Crippen LogP contribution is -2.44. The number of pyridine rings is 1. The summed E-state index contributed by atoms with van der Waals surface area (Å²) >= 11 is 0. The van der Waals surface area contributed by atoms with Crippen LogP contribution >= 0.6 is 0 Å². The molecule has 0 bridgehead atoms. The van der Waals surface area contributed by atoms with Crippen molar-refractivity contribution in [1.82, 2.24) is 15.2 Å². The Kier molecular flexibility index (Phi) is 5.19. The highest BCUT2D eigenvalue weighted by molar-refractivity contribution is 5.93. The Hall–Kier alpha value is -3.41. The Morgan fingerprint density at radius 3 is 2.75 bits per heavy atom. The summed E-state index contributed by atoms with van der Waals surface area (Å²) in [6.07, 6.45) is 3.91. The number of nitrogens with zero attached hydrogens (tertiary/aromatic N) is 2. The minimum Gasteiger partial charge on any atom is -0.459 e. The Balaban J connectivity index is 1.48. The van der Waals surface area contributed by atoms with Gasteiger partial charge in [-0.1, -0.05) is 36.4 Å². The number of nitrogens with one attached hydrogen (secondary N) is 1. The van der Waals surface area contributed by atoms with Crippen molar-refractivity contribution in [3.05, 3.63) is 89.6 Å². The maximum absolute atomic E-state index is 12.9. The van der Waals surface area contributed by atoms with Crippen LogP contribution in [-0.4, -0.2) is 34.8 Å². The molecule has 28 heavy (non-hydrogen) atoms. The highest BCUT2D eigenvalue weighted by Crippen LogP contribution is 2.27. The molecule has 6 heteroatoms. The first-order chi connectivity index (χ1) is 13.7. The molecule has 3 aromatic rings. The second-order valence-electron chi connectivity index (χ2n) is 6.79. The number of rotatable bonds is 5. The molecule has 3 heterocycles. The van der Waals surface area contributed by atoms with E-state index in [4.69, 9.17) is 4.42 Å². The highest BCUT2D eigenvalue weighted by Gasteiger charge is 2.34. The molecule has 1 atom stereocenters. The van der Waals surface area contributed by atoms with E-state index in [0.29, 0.717) is 13.1 Å². The van der Waals surface area contributed by atoms with Gasteiger partial charge in [-0.05, 0) is 35.7 Å². The zero-order valence-corrected chi connectivity index (χ0v) is 15.4. The molecule has 1 N–H and O–H groups in total. The van der Waals surface area contributed by atoms with E-state index in [1.54, 1.807) is 23.2 Å². The van der Waals surface area contributed by atoms with Crippen molar-refractivity contribution < 1.29 is 14.0 Å². The summed E-state index contributed by atoms with van der Waals surface area (Å²) in [6, 6.07) is 17.1. The van der Waals surface area contributed by atoms with Crippen molar-refractivity contribution in [2.45, 2.75) is 18.9 Å². The van der Waals surface area contributed by atoms with Gasteiger partial charge in [0.2, 0.25) is 5.91 Å². The minimum atomic E-state index is -0.500. The maximum Gasteiger partial charge on any atom is 0.289 e. The van der Waals surface area contributed by atoms with Gasteiger partial charge in [-0.25, -0.2) is 0 Å². The number of carbonyl (C=O) groups excluding carboxylic acids is 2. The van der Waals surface area contributed by atoms with Gasteiger partial charge >= 0.3 is 0 Å². The summed E-state index contributed by atoms with van der Waals surface area (Å²) < 4.78 is 5.24. The number of aromatic nitrogens is 1. The van der Waals surface area contributed by atoms with Crippen LogP contribution in [0.1, 0.15) is 33.3 Å². The van der Waals surface area contributed by atoms with Crippen molar-refractivity contribution >= 4 is 11.8 Å². The predicted octanol–water partition coefficient (Wildman–Crippen LogP) is 2.77. The van der Waals surface area contributed by atoms with Gasteiger partial charge in [-0.3, -0.25) is 14.6 Å². The molecule has 1 aliphatic rings. The van der Waals surface area contributed by atoms with Gasteiger partial charge in [0.15, 0.2) is 5.76 Å². The third-order valence-electron chi connectivity index (χ3n) is 4.91. The van der Waals surface area contributed by atoms with Crippen molar-refractivity contribution in [1.29, 1.82) is 0 Å². The predicted molar refractivity (Wildman–Crippen MR) is 104 cm³/mol. The molecule has 2 aromatic heterocycles. The topological polar surface area (TPSA) is 75.4 Å². The number of furan rings is 1. The molecule has 0 aliphatic carbocycles. The molecule has 142 valence electrons. The van der Waals surface area contributed by atoms with Crippen molar-refractivity contribution in [3.63, 3.8) is 0 Å². The van der Waals surface area contributed by atoms with E-state index in [0.717, 1.165) is 17.7 Å². The van der Waals surface area contributed by atoms with Crippen LogP contribution in [0.3, 0.4) is 0 Å². The normalized spacial score (nSPS) is 15.7. The second kappa shape index (κ2) is 8.08. The number of hydrogen-bond donors (Lipinski definition) is 1. The average Bonchev–Trinajstić information content (AvgIpc) is 3.28. The van der Waals surface area contributed by atoms with Crippen LogP contribution in [0.5, 0.6) is 0 Å². The Morgan fingerprint density at radius 2 is 1.96 bits per heavy atom. The lowest BCUT2D eigenvalue weighted by molar-refractivity contribution is -0.123. The zero-order chi connectivity index (χ0) is 19.3. The third kappa shape index (κ3) is 3.81. The van der Waals surface area contributed by atoms with Crippen molar-refractivity contribution in [3.8, 4) is 0 Å². The monoisotopic (exact) mass is 375 g/mol. The van der Waals surface area contributed by atoms with Gasteiger partial charge < -0.3 is 14.6 Å². The third-order valence-corrected chi connectivity index (χ3v) is 4.91. The molecule has 0 spiro atoms. The van der Waals surface area contributed by atoms with Crippen LogP contribution in [0.4, 0.5) is 0 Å². The molecule has 0 radical (unpaired) electrons. The molecule has 2 amide bonds. The smallest absolute Gasteiger partial charge is 0.289 e. The summed E-state index contributed by atoms with van der Waals surface area (Å²) in [7, 11) is 0. The first-order valence-corrected chi connectivity index (χ1v) is 9.30. The van der Waals surface area contributed by atoms with E-state index in [9.17, 15) is 9.59 Å². The van der Waals surface area contributed by atoms with Crippen LogP contribution in [0, 0.1) is 0 Å². The Morgan fingerprint density at radius 1 is 1.11 bits per heavy atom. The maximum atomic E-state index is 12.9. The van der Waals surface area contributed by atoms with Gasteiger partial charge in [-0.15, -0.1) is 0 Å². The van der Waals surface area contributed by atoms with Crippen molar-refractivity contribution in [2.24, 2.45) is 0 Å². The average molecular weight is 375 g/mol. The Labute approximate surface area is 163 Å². The first kappa shape index (κ1) is 18.0. The lowest BCUT2D eigenvalue weighted by atomic mass is 9.93. The number of fused-ring (bicyclic) bond motifs is 1. The molecule has 6 nitrogen and oxygen atoms in total. The summed E-state index contributed by atoms with van der Waals surface area (Å²) in [4.78, 5) is 31.7. The standard InChI is InChI=1S/C22H21N3O3/c26-21(24-12-10-16-6-2-1-3-7-16)18-15-25(22(27)19-9-5-13-28-19)14-17-8-4-11-23-20(17)18/h1-9,11,13,18H,10,12,14-15H2,(H,24,26). The number of amides is 2. The van der Waals surface area contributed by atoms with E-state index in [2.05, 4.69) is 10.3 Å². The van der Waals surface area contributed by atoms with Crippen LogP contribution < -0.4 is 5.32 Å². The van der Waals surface area contributed by atoms with Crippen molar-refractivity contribution in [2.75, 3.05) is 13.1 Å². The van der Waals surface area contributed by atoms with E-state index in [1.165, 1.54) is 11.8 Å². The molecule has 0 saturated heterocycles. The molecular weight excluding hydrogens is 354 g/mol. The molecule has 4 rings (SSSR count). The van der Waals surface area contributed by atoms with E-state index >= 15 is 0 Å². The van der Waals surface area contributed by atoms with Gasteiger partial charge in [-0.2, -0.15) is 0 Å². The van der Waals surface area contributed by atoms with Gasteiger partial charge in [0.05, 0.1) is 17.9 Å². The SMILES string of the molecule is O=C(NCCc1ccccc1)C1CN(C(=O)c2ccco2)Cc2cccnc21. The van der Waals surface area contributed by atoms with Gasteiger partial charge in [0.1, 0.15) is 0 Å². The fourth-order valence-electron chi connectivity index (χ4n) is 3.49. The summed E-state index contributed by atoms with van der Waals surface area (Å²) in [5.41, 5.74) is 2.79. The van der Waals surface area contributed by atoms with Crippen LogP contribution in [-0.2, 0) is 17.8 Å². The molecule has 0 saturated carbocycles. The first-order valence-electron chi connectivity index (χ1n) is 9.30. The summed E-state index contributed by atoms with van der Waals surface area (Å²) in [5.74, 6) is -0.565. The largest absolute Gasteiger partial charge is 0.459 e. The van der Waals surface area contributed by atoms with E-state index < -0.39 is 5.92 Å². The van der Waals surface area contributed by atoms with Crippen LogP contribution in [0.25, 0.3) is 0 Å². The number of benzene rings is 1. The lowest BCUT2D eigenvalue weighted by Gasteiger charge is -2.32. The molecule has 1 aromatic carbocycles. The summed E-state index contributed by atoms with van der Waals surface area (Å²) in [5, 5.41) is 3.00. The highest BCUT2D eigenvalue weighted by atomic mass is 16.3. The van der Waals surface area contributed by atoms with Crippen LogP contribution in [0.15, 0.2) is 71.5 Å². The van der Waals surface area contributed by atoms with E-state index in [1.807, 2.05) is 42.5 Å². The van der Waals surface area contributed by atoms with Gasteiger partial charge in [0.25, 0.3) is 5.91 Å². The van der Waals surface area contributed by atoms with E-state index in [-0.39, 0.29) is 24.1 Å². The zero-order valence-electron chi connectivity index (χ0n) is 15.4. The fourth-order valence-corrected chi connectivity index (χ4v) is 3.49. The minimum absolute atomic E-state index is 0.118. The van der Waals surface area contributed by atoms with Gasteiger partial charge in [0, 0.05) is 25.8 Å². The molecule has 1 aliphatic heterocycles. The number of hydrogen-bond acceptors (Lipinski definition) is 4. The summed E-state index contributed by atoms with van der Waals surface area (Å²) in [6.45, 7) is 1.23. The number of carbonyl (C=O) groups is 2.